The van der Waals surface area contributed by atoms with Crippen molar-refractivity contribution < 1.29 is 57.9 Å². The first-order valence-electron chi connectivity index (χ1n) is 14.0. The van der Waals surface area contributed by atoms with Gasteiger partial charge >= 0.3 is 11.9 Å². The lowest BCUT2D eigenvalue weighted by Gasteiger charge is -2.35. The quantitative estimate of drug-likeness (QED) is 0.422. The highest BCUT2D eigenvalue weighted by atomic mass is 16.6. The highest BCUT2D eigenvalue weighted by Crippen LogP contribution is 2.43. The molecule has 0 saturated carbocycles. The van der Waals surface area contributed by atoms with Crippen molar-refractivity contribution in [3.8, 4) is 11.5 Å². The molecule has 6 aliphatic rings. The Morgan fingerprint density at radius 1 is 0.568 bits per heavy atom. The van der Waals surface area contributed by atoms with E-state index >= 15 is 0 Å². The van der Waals surface area contributed by atoms with Gasteiger partial charge in [0.15, 0.2) is 35.3 Å². The van der Waals surface area contributed by atoms with Crippen LogP contribution in [0.15, 0.2) is 58.7 Å². The SMILES string of the molecule is CC1OC2CC(=O)OC2C2=C1C(=O)c1c(O)cccc1C2=O.CC1OC2CC(=O)OC2C2=C1C(=O)c1c(O)cccc1C2=O. The maximum Gasteiger partial charge on any atom is 0.309 e. The number of fused-ring (bicyclic) bond motifs is 6. The molecule has 6 unspecified atom stereocenters. The van der Waals surface area contributed by atoms with Gasteiger partial charge in [0.2, 0.25) is 0 Å². The monoisotopic (exact) mass is 600 g/mol. The molecule has 0 bridgehead atoms. The Morgan fingerprint density at radius 3 is 1.34 bits per heavy atom. The van der Waals surface area contributed by atoms with E-state index in [0.717, 1.165) is 0 Å². The molecular formula is C32H24O12. The summed E-state index contributed by atoms with van der Waals surface area (Å²) in [5.41, 5.74) is 0.994. The van der Waals surface area contributed by atoms with E-state index in [-0.39, 0.29) is 80.5 Å². The van der Waals surface area contributed by atoms with E-state index in [1.165, 1.54) is 36.4 Å². The Kier molecular flexibility index (Phi) is 6.20. The summed E-state index contributed by atoms with van der Waals surface area (Å²) in [7, 11) is 0. The predicted octanol–water partition coefficient (Wildman–Crippen LogP) is 2.34. The maximum absolute atomic E-state index is 12.8. The van der Waals surface area contributed by atoms with E-state index in [4.69, 9.17) is 18.9 Å². The van der Waals surface area contributed by atoms with Crippen LogP contribution in [0.4, 0.5) is 0 Å². The van der Waals surface area contributed by atoms with Gasteiger partial charge in [-0.05, 0) is 26.0 Å². The fourth-order valence-corrected chi connectivity index (χ4v) is 6.82. The minimum atomic E-state index is -0.842. The number of phenols is 2. The molecule has 12 heteroatoms. The number of esters is 2. The fourth-order valence-electron chi connectivity index (χ4n) is 6.82. The molecule has 2 aliphatic carbocycles. The predicted molar refractivity (Wildman–Crippen MR) is 145 cm³/mol. The van der Waals surface area contributed by atoms with Crippen LogP contribution in [-0.2, 0) is 28.5 Å². The zero-order valence-electron chi connectivity index (χ0n) is 23.3. The van der Waals surface area contributed by atoms with E-state index in [1.54, 1.807) is 13.8 Å². The molecule has 2 fully saturated rings. The largest absolute Gasteiger partial charge is 0.507 e. The third-order valence-corrected chi connectivity index (χ3v) is 8.65. The molecule has 8 rings (SSSR count). The number of carbonyl (C=O) groups excluding carboxylic acids is 6. The van der Waals surface area contributed by atoms with Crippen LogP contribution < -0.4 is 0 Å². The van der Waals surface area contributed by atoms with Crippen LogP contribution in [0.5, 0.6) is 11.5 Å². The summed E-state index contributed by atoms with van der Waals surface area (Å²) in [5.74, 6) is -3.04. The highest BCUT2D eigenvalue weighted by molar-refractivity contribution is 6.30. The van der Waals surface area contributed by atoms with Gasteiger partial charge in [-0.15, -0.1) is 0 Å². The minimum absolute atomic E-state index is 0.00975. The van der Waals surface area contributed by atoms with Gasteiger partial charge in [-0.2, -0.15) is 0 Å². The molecule has 6 atom stereocenters. The van der Waals surface area contributed by atoms with Crippen molar-refractivity contribution in [3.05, 3.63) is 80.9 Å². The molecule has 0 amide bonds. The van der Waals surface area contributed by atoms with Gasteiger partial charge in [0.05, 0.1) is 47.3 Å². The normalized spacial score (nSPS) is 29.9. The first-order valence-corrected chi connectivity index (χ1v) is 14.0. The van der Waals surface area contributed by atoms with E-state index in [0.29, 0.717) is 0 Å². The number of phenolic OH excluding ortho intramolecular Hbond substituents is 2. The lowest BCUT2D eigenvalue weighted by Crippen LogP contribution is -2.44. The number of aromatic hydroxyl groups is 2. The van der Waals surface area contributed by atoms with Crippen molar-refractivity contribution in [2.45, 2.75) is 63.3 Å². The average Bonchev–Trinajstić information content (AvgIpc) is 3.53. The second-order valence-corrected chi connectivity index (χ2v) is 11.2. The number of ketones is 4. The zero-order chi connectivity index (χ0) is 31.2. The second-order valence-electron chi connectivity index (χ2n) is 11.2. The van der Waals surface area contributed by atoms with Gasteiger partial charge in [0.25, 0.3) is 0 Å². The Hall–Kier alpha value is -4.94. The van der Waals surface area contributed by atoms with Gasteiger partial charge < -0.3 is 29.2 Å². The first kappa shape index (κ1) is 27.9. The lowest BCUT2D eigenvalue weighted by atomic mass is 9.77. The van der Waals surface area contributed by atoms with Crippen LogP contribution in [0.1, 0.15) is 68.1 Å². The zero-order valence-corrected chi connectivity index (χ0v) is 23.3. The summed E-state index contributed by atoms with van der Waals surface area (Å²) in [6, 6.07) is 8.72. The van der Waals surface area contributed by atoms with E-state index < -0.39 is 60.1 Å². The summed E-state index contributed by atoms with van der Waals surface area (Å²) in [5, 5.41) is 19.9. The fraction of sp³-hybridized carbons (Fsp3) is 0.312. The third kappa shape index (κ3) is 3.91. The first-order chi connectivity index (χ1) is 21.0. The van der Waals surface area contributed by atoms with Crippen molar-refractivity contribution in [1.29, 1.82) is 0 Å². The molecule has 2 aromatic rings. The van der Waals surface area contributed by atoms with Gasteiger partial charge in [0.1, 0.15) is 23.7 Å². The summed E-state index contributed by atoms with van der Waals surface area (Å²) in [6.07, 6.45) is -3.89. The number of rotatable bonds is 0. The molecular weight excluding hydrogens is 576 g/mol. The number of carbonyl (C=O) groups is 6. The Labute approximate surface area is 248 Å². The molecule has 12 nitrogen and oxygen atoms in total. The average molecular weight is 601 g/mol. The molecule has 2 saturated heterocycles. The number of Topliss-reactive ketones (excluding diaryl/α,β-unsaturated/α-hetero) is 4. The van der Waals surface area contributed by atoms with Crippen LogP contribution in [0.25, 0.3) is 0 Å². The van der Waals surface area contributed by atoms with Crippen molar-refractivity contribution >= 4 is 35.1 Å². The van der Waals surface area contributed by atoms with Gasteiger partial charge in [0, 0.05) is 22.3 Å². The molecule has 224 valence electrons. The summed E-state index contributed by atoms with van der Waals surface area (Å²) < 4.78 is 21.7. The summed E-state index contributed by atoms with van der Waals surface area (Å²) >= 11 is 0. The number of hydrogen-bond acceptors (Lipinski definition) is 12. The second kappa shape index (κ2) is 9.79. The lowest BCUT2D eigenvalue weighted by molar-refractivity contribution is -0.141. The highest BCUT2D eigenvalue weighted by Gasteiger charge is 2.52. The number of hydrogen-bond donors (Lipinski definition) is 2. The van der Waals surface area contributed by atoms with Crippen LogP contribution >= 0.6 is 0 Å². The van der Waals surface area contributed by atoms with Crippen molar-refractivity contribution in [2.24, 2.45) is 0 Å². The van der Waals surface area contributed by atoms with Gasteiger partial charge in [-0.3, -0.25) is 28.8 Å². The molecule has 0 radical (unpaired) electrons. The van der Waals surface area contributed by atoms with E-state index in [1.807, 2.05) is 0 Å². The van der Waals surface area contributed by atoms with Crippen molar-refractivity contribution in [1.82, 2.24) is 0 Å². The van der Waals surface area contributed by atoms with Gasteiger partial charge in [-0.1, -0.05) is 24.3 Å². The van der Waals surface area contributed by atoms with Crippen LogP contribution in [0.2, 0.25) is 0 Å². The molecule has 0 spiro atoms. The van der Waals surface area contributed by atoms with Crippen molar-refractivity contribution in [2.75, 3.05) is 0 Å². The molecule has 4 heterocycles. The topological polar surface area (TPSA) is 180 Å². The minimum Gasteiger partial charge on any atom is -0.507 e. The summed E-state index contributed by atoms with van der Waals surface area (Å²) in [4.78, 5) is 74.0. The number of ether oxygens (including phenoxy) is 4. The summed E-state index contributed by atoms with van der Waals surface area (Å²) in [6.45, 7) is 3.31. The standard InChI is InChI=1S/2C16H12O6/c2*1-6-11-13(16-9(21-6)5-10(18)22-16)14(19)7-3-2-4-8(17)12(7)15(11)20/h2*2-4,6,9,16-17H,5H2,1H3. The maximum atomic E-state index is 12.8. The third-order valence-electron chi connectivity index (χ3n) is 8.65. The molecule has 0 aromatic heterocycles. The van der Waals surface area contributed by atoms with E-state index in [2.05, 4.69) is 0 Å². The number of benzene rings is 2. The van der Waals surface area contributed by atoms with Crippen LogP contribution in [0.3, 0.4) is 0 Å². The Morgan fingerprint density at radius 2 is 0.955 bits per heavy atom. The van der Waals surface area contributed by atoms with Gasteiger partial charge in [-0.25, -0.2) is 0 Å². The molecule has 44 heavy (non-hydrogen) atoms. The van der Waals surface area contributed by atoms with Crippen molar-refractivity contribution in [3.63, 3.8) is 0 Å². The van der Waals surface area contributed by atoms with Crippen LogP contribution in [-0.4, -0.2) is 81.9 Å². The van der Waals surface area contributed by atoms with Crippen LogP contribution in [0, 0.1) is 0 Å². The molecule has 2 aromatic carbocycles. The Balaban J connectivity index is 0.000000142. The van der Waals surface area contributed by atoms with E-state index in [9.17, 15) is 39.0 Å². The molecule has 2 N–H and O–H groups in total. The molecule has 4 aliphatic heterocycles. The smallest absolute Gasteiger partial charge is 0.309 e. The Bertz CT molecular complexity index is 1680.